The van der Waals surface area contributed by atoms with E-state index >= 15 is 0 Å². The Labute approximate surface area is 408 Å². The average molecular weight is 946 g/mol. The summed E-state index contributed by atoms with van der Waals surface area (Å²) in [5, 5.41) is 56.6. The Balaban J connectivity index is 2.79. The predicted octanol–water partition coefficient (Wildman–Crippen LogP) is 11.5. The van der Waals surface area contributed by atoms with Crippen LogP contribution in [0.25, 0.3) is 0 Å². The molecule has 1 aliphatic rings. The fraction of sp³-hybridized carbons (Fsp3) is 0.786. The zero-order valence-corrected chi connectivity index (χ0v) is 42.5. The molecule has 11 heteroatoms. The van der Waals surface area contributed by atoms with Gasteiger partial charge in [-0.3, -0.25) is 9.59 Å². The lowest BCUT2D eigenvalue weighted by atomic mass is 9.99. The largest absolute Gasteiger partial charge is 0.454 e. The summed E-state index contributed by atoms with van der Waals surface area (Å²) in [5.74, 6) is -1.24. The number of aliphatic hydroxyl groups is 5. The van der Waals surface area contributed by atoms with Crippen molar-refractivity contribution in [1.82, 2.24) is 5.32 Å². The van der Waals surface area contributed by atoms with Crippen LogP contribution in [-0.2, 0) is 23.8 Å². The molecule has 0 radical (unpaired) electrons. The molecule has 1 fully saturated rings. The van der Waals surface area contributed by atoms with Crippen LogP contribution in [0.4, 0.5) is 0 Å². The van der Waals surface area contributed by atoms with Gasteiger partial charge in [0.1, 0.15) is 24.4 Å². The molecule has 1 aliphatic heterocycles. The van der Waals surface area contributed by atoms with Crippen LogP contribution in [0.2, 0.25) is 0 Å². The number of aliphatic hydroxyl groups excluding tert-OH is 5. The van der Waals surface area contributed by atoms with Crippen LogP contribution in [-0.4, -0.2) is 99.6 Å². The molecule has 0 aromatic rings. The summed E-state index contributed by atoms with van der Waals surface area (Å²) in [6.07, 6.45) is 42.7. The van der Waals surface area contributed by atoms with Crippen LogP contribution in [0, 0.1) is 0 Å². The van der Waals surface area contributed by atoms with Gasteiger partial charge in [-0.15, -0.1) is 0 Å². The van der Waals surface area contributed by atoms with Crippen LogP contribution < -0.4 is 5.32 Å². The van der Waals surface area contributed by atoms with Crippen LogP contribution in [0.5, 0.6) is 0 Å². The summed E-state index contributed by atoms with van der Waals surface area (Å²) in [5.41, 5.74) is 0. The van der Waals surface area contributed by atoms with Gasteiger partial charge in [0.25, 0.3) is 0 Å². The highest BCUT2D eigenvalue weighted by Gasteiger charge is 2.47. The number of carbonyl (C=O) groups excluding carboxylic acids is 2. The van der Waals surface area contributed by atoms with Gasteiger partial charge in [0.15, 0.2) is 12.4 Å². The van der Waals surface area contributed by atoms with Gasteiger partial charge in [-0.25, -0.2) is 0 Å². The molecule has 388 valence electrons. The number of ether oxygens (including phenoxy) is 3. The molecule has 0 aliphatic carbocycles. The van der Waals surface area contributed by atoms with Crippen molar-refractivity contribution >= 4 is 11.9 Å². The van der Waals surface area contributed by atoms with Gasteiger partial charge in [-0.2, -0.15) is 0 Å². The Morgan fingerprint density at radius 3 is 1.61 bits per heavy atom. The highest BCUT2D eigenvalue weighted by atomic mass is 16.7. The van der Waals surface area contributed by atoms with Crippen molar-refractivity contribution in [1.29, 1.82) is 0 Å². The zero-order chi connectivity index (χ0) is 49.0. The second-order valence-electron chi connectivity index (χ2n) is 18.7. The number of allylic oxidation sites excluding steroid dienone is 9. The number of hydrogen-bond acceptors (Lipinski definition) is 10. The Kier molecular flexibility index (Phi) is 41.5. The van der Waals surface area contributed by atoms with Crippen molar-refractivity contribution in [3.8, 4) is 0 Å². The van der Waals surface area contributed by atoms with E-state index in [2.05, 4.69) is 38.2 Å². The van der Waals surface area contributed by atoms with E-state index < -0.39 is 67.4 Å². The SMILES string of the molecule is CC/C=C/C=C/C=C\C=C/CCCCCC(=O)OC1C(OCC(NC(=O)C(O)CCCCCCCCCCCCCCC)C(O)/C=C/CCCCCCCCCCCC)OC(CO)C(O)C1O. The minimum atomic E-state index is -1.63. The Bertz CT molecular complexity index is 1320. The smallest absolute Gasteiger partial charge is 0.306 e. The number of hydrogen-bond donors (Lipinski definition) is 6. The molecule has 1 heterocycles. The molecule has 0 saturated carbocycles. The molecule has 1 rings (SSSR count). The summed E-state index contributed by atoms with van der Waals surface area (Å²) in [4.78, 5) is 26.3. The number of carbonyl (C=O) groups is 2. The minimum absolute atomic E-state index is 0.0769. The number of unbranched alkanes of at least 4 members (excludes halogenated alkanes) is 25. The highest BCUT2D eigenvalue weighted by molar-refractivity contribution is 5.80. The van der Waals surface area contributed by atoms with Crippen LogP contribution in [0.3, 0.4) is 0 Å². The molecule has 8 atom stereocenters. The van der Waals surface area contributed by atoms with Crippen LogP contribution in [0.1, 0.15) is 220 Å². The molecular formula is C56H99NO10. The number of amides is 1. The Morgan fingerprint density at radius 2 is 1.07 bits per heavy atom. The number of esters is 1. The molecule has 1 amide bonds. The first-order valence-corrected chi connectivity index (χ1v) is 27.1. The molecule has 0 aromatic carbocycles. The molecule has 6 N–H and O–H groups in total. The van der Waals surface area contributed by atoms with Gasteiger partial charge in [0.05, 0.1) is 25.4 Å². The highest BCUT2D eigenvalue weighted by Crippen LogP contribution is 2.26. The lowest BCUT2D eigenvalue weighted by molar-refractivity contribution is -0.305. The summed E-state index contributed by atoms with van der Waals surface area (Å²) in [7, 11) is 0. The average Bonchev–Trinajstić information content (AvgIpc) is 3.32. The molecule has 67 heavy (non-hydrogen) atoms. The first kappa shape index (κ1) is 62.4. The second-order valence-corrected chi connectivity index (χ2v) is 18.7. The van der Waals surface area contributed by atoms with E-state index in [0.29, 0.717) is 12.8 Å². The fourth-order valence-corrected chi connectivity index (χ4v) is 8.19. The van der Waals surface area contributed by atoms with Gasteiger partial charge in [-0.05, 0) is 44.9 Å². The van der Waals surface area contributed by atoms with Gasteiger partial charge in [0.2, 0.25) is 5.91 Å². The summed E-state index contributed by atoms with van der Waals surface area (Å²) in [6.45, 7) is 5.59. The van der Waals surface area contributed by atoms with Crippen LogP contribution >= 0.6 is 0 Å². The maximum Gasteiger partial charge on any atom is 0.306 e. The van der Waals surface area contributed by atoms with Gasteiger partial charge in [0, 0.05) is 6.42 Å². The van der Waals surface area contributed by atoms with Crippen molar-refractivity contribution in [2.24, 2.45) is 0 Å². The fourth-order valence-electron chi connectivity index (χ4n) is 8.19. The third kappa shape index (κ3) is 33.5. The van der Waals surface area contributed by atoms with E-state index in [-0.39, 0.29) is 19.4 Å². The molecule has 0 spiro atoms. The normalized spacial score (nSPS) is 20.5. The minimum Gasteiger partial charge on any atom is -0.454 e. The van der Waals surface area contributed by atoms with Crippen molar-refractivity contribution in [2.75, 3.05) is 13.2 Å². The third-order valence-electron chi connectivity index (χ3n) is 12.5. The van der Waals surface area contributed by atoms with E-state index in [0.717, 1.165) is 64.2 Å². The third-order valence-corrected chi connectivity index (χ3v) is 12.5. The second kappa shape index (κ2) is 44.6. The lowest BCUT2D eigenvalue weighted by Gasteiger charge is -2.41. The Hall–Kier alpha value is -2.64. The summed E-state index contributed by atoms with van der Waals surface area (Å²) < 4.78 is 17.5. The number of rotatable bonds is 44. The molecule has 1 saturated heterocycles. The van der Waals surface area contributed by atoms with Crippen molar-refractivity contribution < 1.29 is 49.3 Å². The van der Waals surface area contributed by atoms with Crippen LogP contribution in [0.15, 0.2) is 60.8 Å². The lowest BCUT2D eigenvalue weighted by Crippen LogP contribution is -2.61. The van der Waals surface area contributed by atoms with Gasteiger partial charge < -0.3 is 45.1 Å². The van der Waals surface area contributed by atoms with E-state index in [1.807, 2.05) is 42.5 Å². The monoisotopic (exact) mass is 946 g/mol. The summed E-state index contributed by atoms with van der Waals surface area (Å²) >= 11 is 0. The quantitative estimate of drug-likeness (QED) is 0.0149. The number of nitrogens with one attached hydrogen (secondary N) is 1. The molecule has 0 bridgehead atoms. The molecule has 0 aromatic heterocycles. The standard InChI is InChI=1S/C56H99NO10/c1-4-7-10-13-16-19-22-25-28-31-34-37-40-43-49(60)55(64)57-47(48(59)42-39-36-33-30-27-24-21-18-15-12-9-6-3)46-65-56-54(53(63)52(62)50(45-58)66-56)67-51(61)44-41-38-35-32-29-26-23-20-17-14-11-8-5-2/h8,11,14,17,20,23,26,29,39,42,47-50,52-54,56,58-60,62-63H,4-7,9-10,12-13,15-16,18-19,21-22,24-25,27-28,30-38,40-41,43-46H2,1-3H3,(H,57,64)/b11-8+,17-14+,23-20-,29-26-,42-39+. The molecule has 11 nitrogen and oxygen atoms in total. The van der Waals surface area contributed by atoms with Crippen molar-refractivity contribution in [2.45, 2.75) is 269 Å². The molecular weight excluding hydrogens is 847 g/mol. The van der Waals surface area contributed by atoms with Gasteiger partial charge in [-0.1, -0.05) is 229 Å². The summed E-state index contributed by atoms with van der Waals surface area (Å²) in [6, 6.07) is -1.03. The van der Waals surface area contributed by atoms with Gasteiger partial charge >= 0.3 is 5.97 Å². The topological polar surface area (TPSA) is 175 Å². The van der Waals surface area contributed by atoms with E-state index in [1.165, 1.54) is 109 Å². The van der Waals surface area contributed by atoms with Crippen molar-refractivity contribution in [3.05, 3.63) is 60.8 Å². The Morgan fingerprint density at radius 1 is 0.597 bits per heavy atom. The predicted molar refractivity (Wildman–Crippen MR) is 273 cm³/mol. The molecule has 8 unspecified atom stereocenters. The van der Waals surface area contributed by atoms with Crippen molar-refractivity contribution in [3.63, 3.8) is 0 Å². The van der Waals surface area contributed by atoms with E-state index in [1.54, 1.807) is 6.08 Å². The maximum absolute atomic E-state index is 13.3. The van der Waals surface area contributed by atoms with E-state index in [4.69, 9.17) is 14.2 Å². The first-order chi connectivity index (χ1) is 32.7. The first-order valence-electron chi connectivity index (χ1n) is 27.1. The zero-order valence-electron chi connectivity index (χ0n) is 42.5. The van der Waals surface area contributed by atoms with E-state index in [9.17, 15) is 35.1 Å². The maximum atomic E-state index is 13.3.